The van der Waals surface area contributed by atoms with Crippen molar-refractivity contribution in [3.8, 4) is 0 Å². The highest BCUT2D eigenvalue weighted by atomic mass is 28.4. The van der Waals surface area contributed by atoms with E-state index >= 15 is 0 Å². The molecule has 2 unspecified atom stereocenters. The van der Waals surface area contributed by atoms with Gasteiger partial charge in [-0.05, 0) is 56.5 Å². The van der Waals surface area contributed by atoms with Gasteiger partial charge in [0.25, 0.3) is 16.6 Å². The Morgan fingerprint density at radius 1 is 0.397 bits per heavy atom. The van der Waals surface area contributed by atoms with Crippen LogP contribution in [0.5, 0.6) is 0 Å². The predicted molar refractivity (Wildman–Crippen MR) is 236 cm³/mol. The lowest BCUT2D eigenvalue weighted by Gasteiger charge is -2.52. The number of benzene rings is 4. The SMILES string of the molecule is CC(C)(C)[Si](OC1[C@H]2OC3(CCCCC3)O[C@@H]2C(O[Si](c2ccccc2)(c2ccccc2)C(C)(C)C)[C@@H]2OC3(CCCCC3)O[C@H]12)(c1ccccc1)c1ccccc1. The Balaban J connectivity index is 1.25. The molecule has 9 rings (SSSR count). The summed E-state index contributed by atoms with van der Waals surface area (Å²) in [5.74, 6) is -1.40. The summed E-state index contributed by atoms with van der Waals surface area (Å²) in [6.07, 6.45) is 7.50. The fourth-order valence-corrected chi connectivity index (χ4v) is 20.8. The molecule has 2 spiro atoms. The van der Waals surface area contributed by atoms with E-state index in [1.165, 1.54) is 33.6 Å². The van der Waals surface area contributed by atoms with Gasteiger partial charge in [-0.1, -0.05) is 176 Å². The van der Waals surface area contributed by atoms with Crippen molar-refractivity contribution >= 4 is 37.4 Å². The fraction of sp³-hybridized carbons (Fsp3) is 0.520. The molecule has 0 radical (unpaired) electrons. The molecule has 2 heterocycles. The van der Waals surface area contributed by atoms with E-state index in [0.29, 0.717) is 0 Å². The molecule has 0 amide bonds. The van der Waals surface area contributed by atoms with Gasteiger partial charge in [-0.3, -0.25) is 0 Å². The monoisotopic (exact) mass is 816 g/mol. The molecular formula is C50H64O6Si2. The van der Waals surface area contributed by atoms with E-state index in [-0.39, 0.29) is 10.1 Å². The molecule has 4 aromatic carbocycles. The number of fused-ring (bicyclic) bond motifs is 2. The molecule has 8 heteroatoms. The molecular weight excluding hydrogens is 753 g/mol. The van der Waals surface area contributed by atoms with Crippen LogP contribution in [0, 0.1) is 0 Å². The maximum Gasteiger partial charge on any atom is 0.261 e. The average molecular weight is 817 g/mol. The zero-order valence-corrected chi connectivity index (χ0v) is 37.5. The lowest BCUT2D eigenvalue weighted by molar-refractivity contribution is -0.222. The maximum atomic E-state index is 8.21. The van der Waals surface area contributed by atoms with Gasteiger partial charge in [0.15, 0.2) is 11.6 Å². The van der Waals surface area contributed by atoms with Crippen LogP contribution >= 0.6 is 0 Å². The van der Waals surface area contributed by atoms with E-state index in [1.807, 2.05) is 0 Å². The minimum Gasteiger partial charge on any atom is -0.399 e. The van der Waals surface area contributed by atoms with Gasteiger partial charge in [-0.15, -0.1) is 0 Å². The number of hydrogen-bond acceptors (Lipinski definition) is 6. The minimum absolute atomic E-state index is 0.243. The van der Waals surface area contributed by atoms with Crippen molar-refractivity contribution in [2.24, 2.45) is 0 Å². The Morgan fingerprint density at radius 3 is 0.862 bits per heavy atom. The highest BCUT2D eigenvalue weighted by Crippen LogP contribution is 2.54. The lowest BCUT2D eigenvalue weighted by Crippen LogP contribution is -2.75. The first-order valence-electron chi connectivity index (χ1n) is 22.2. The van der Waals surface area contributed by atoms with E-state index in [2.05, 4.69) is 163 Å². The average Bonchev–Trinajstić information content (AvgIpc) is 3.78. The molecule has 3 aliphatic carbocycles. The maximum absolute atomic E-state index is 8.21. The van der Waals surface area contributed by atoms with Crippen molar-refractivity contribution in [2.45, 2.75) is 164 Å². The van der Waals surface area contributed by atoms with Gasteiger partial charge in [0.05, 0.1) is 0 Å². The number of ether oxygens (including phenoxy) is 4. The quantitative estimate of drug-likeness (QED) is 0.166. The summed E-state index contributed by atoms with van der Waals surface area (Å²) in [7, 11) is -6.17. The molecule has 5 fully saturated rings. The second kappa shape index (κ2) is 15.5. The van der Waals surface area contributed by atoms with Crippen molar-refractivity contribution in [2.75, 3.05) is 0 Å². The van der Waals surface area contributed by atoms with Crippen molar-refractivity contribution < 1.29 is 27.8 Å². The molecule has 4 aromatic rings. The van der Waals surface area contributed by atoms with Crippen molar-refractivity contribution in [3.63, 3.8) is 0 Å². The molecule has 2 saturated heterocycles. The molecule has 6 atom stereocenters. The van der Waals surface area contributed by atoms with Crippen LogP contribution in [-0.2, 0) is 27.8 Å². The van der Waals surface area contributed by atoms with Crippen molar-refractivity contribution in [1.82, 2.24) is 0 Å². The molecule has 0 N–H and O–H groups in total. The topological polar surface area (TPSA) is 55.4 Å². The summed E-state index contributed by atoms with van der Waals surface area (Å²) >= 11 is 0. The summed E-state index contributed by atoms with van der Waals surface area (Å²) in [6, 6.07) is 43.9. The second-order valence-electron chi connectivity index (χ2n) is 19.8. The van der Waals surface area contributed by atoms with Gasteiger partial charge in [-0.2, -0.15) is 0 Å². The Bertz CT molecular complexity index is 1720. The molecule has 5 aliphatic rings. The van der Waals surface area contributed by atoms with Crippen LogP contribution in [-0.4, -0.2) is 64.8 Å². The largest absolute Gasteiger partial charge is 0.399 e. The summed E-state index contributed by atoms with van der Waals surface area (Å²) in [4.78, 5) is 0. The standard InChI is InChI=1S/C50H64O6Si2/c1-47(2,3)57(37-25-13-7-14-26-37,38-27-15-8-16-28-38)55-45-41-43(53-49(51-41)33-21-11-22-34-49)46(44-42(45)52-50(54-44)35-23-12-24-36-50)56-58(48(4,5)6,39-29-17-9-18-30-39)40-31-19-10-20-32-40/h7-10,13-20,25-32,41-46H,11-12,21-24,33-36H2,1-6H3/t41-,42-,43-,44+,45?,46?/m0/s1. The molecule has 0 aromatic heterocycles. The van der Waals surface area contributed by atoms with E-state index in [1.54, 1.807) is 0 Å². The number of rotatable bonds is 8. The van der Waals surface area contributed by atoms with Crippen LogP contribution in [0.15, 0.2) is 121 Å². The van der Waals surface area contributed by atoms with Gasteiger partial charge in [0.1, 0.15) is 36.6 Å². The van der Waals surface area contributed by atoms with Gasteiger partial charge in [-0.25, -0.2) is 0 Å². The molecule has 308 valence electrons. The van der Waals surface area contributed by atoms with Crippen LogP contribution in [0.2, 0.25) is 10.1 Å². The van der Waals surface area contributed by atoms with Crippen molar-refractivity contribution in [1.29, 1.82) is 0 Å². The molecule has 3 saturated carbocycles. The van der Waals surface area contributed by atoms with E-state index in [0.717, 1.165) is 51.4 Å². The highest BCUT2D eigenvalue weighted by molar-refractivity contribution is 7.00. The van der Waals surface area contributed by atoms with Crippen LogP contribution in [0.1, 0.15) is 106 Å². The van der Waals surface area contributed by atoms with Gasteiger partial charge < -0.3 is 27.8 Å². The van der Waals surface area contributed by atoms with Crippen LogP contribution in [0.25, 0.3) is 0 Å². The predicted octanol–water partition coefficient (Wildman–Crippen LogP) is 8.78. The van der Waals surface area contributed by atoms with Crippen LogP contribution in [0.4, 0.5) is 0 Å². The third-order valence-electron chi connectivity index (χ3n) is 14.0. The van der Waals surface area contributed by atoms with E-state index < -0.39 is 64.8 Å². The Hall–Kier alpha value is -2.93. The smallest absolute Gasteiger partial charge is 0.261 e. The van der Waals surface area contributed by atoms with Crippen molar-refractivity contribution in [3.05, 3.63) is 121 Å². The van der Waals surface area contributed by atoms with Crippen LogP contribution in [0.3, 0.4) is 0 Å². The molecule has 2 aliphatic heterocycles. The zero-order chi connectivity index (χ0) is 40.2. The third-order valence-corrected chi connectivity index (χ3v) is 24.1. The lowest BCUT2D eigenvalue weighted by atomic mass is 9.85. The minimum atomic E-state index is -3.09. The second-order valence-corrected chi connectivity index (χ2v) is 28.3. The summed E-state index contributed by atoms with van der Waals surface area (Å²) < 4.78 is 46.6. The van der Waals surface area contributed by atoms with Crippen LogP contribution < -0.4 is 20.7 Å². The zero-order valence-electron chi connectivity index (χ0n) is 35.5. The Kier molecular flexibility index (Phi) is 10.8. The highest BCUT2D eigenvalue weighted by Gasteiger charge is 2.70. The molecule has 0 bridgehead atoms. The molecule has 58 heavy (non-hydrogen) atoms. The normalized spacial score (nSPS) is 28.3. The first kappa shape index (κ1) is 40.5. The van der Waals surface area contributed by atoms with E-state index in [4.69, 9.17) is 27.8 Å². The summed E-state index contributed by atoms with van der Waals surface area (Å²) in [5.41, 5.74) is 0. The fourth-order valence-electron chi connectivity index (χ4n) is 11.4. The van der Waals surface area contributed by atoms with Gasteiger partial charge in [0.2, 0.25) is 0 Å². The Morgan fingerprint density at radius 2 is 0.638 bits per heavy atom. The summed E-state index contributed by atoms with van der Waals surface area (Å²) in [5, 5.41) is 4.48. The summed E-state index contributed by atoms with van der Waals surface area (Å²) in [6.45, 7) is 14.1. The number of hydrogen-bond donors (Lipinski definition) is 0. The van der Waals surface area contributed by atoms with E-state index in [9.17, 15) is 0 Å². The Labute approximate surface area is 349 Å². The van der Waals surface area contributed by atoms with Gasteiger partial charge >= 0.3 is 0 Å². The first-order valence-corrected chi connectivity index (χ1v) is 26.0. The first-order chi connectivity index (χ1) is 27.9. The van der Waals surface area contributed by atoms with Gasteiger partial charge in [0, 0.05) is 25.7 Å². The third kappa shape index (κ3) is 6.84. The molecule has 6 nitrogen and oxygen atoms in total.